The molecular formula is C25H22N4OS. The fourth-order valence-electron chi connectivity index (χ4n) is 3.96. The van der Waals surface area contributed by atoms with Crippen molar-refractivity contribution in [3.63, 3.8) is 0 Å². The number of para-hydroxylation sites is 1. The van der Waals surface area contributed by atoms with Gasteiger partial charge in [-0.25, -0.2) is 10.0 Å². The van der Waals surface area contributed by atoms with Gasteiger partial charge >= 0.3 is 0 Å². The van der Waals surface area contributed by atoms with Crippen LogP contribution in [0.5, 0.6) is 0 Å². The molecule has 2 aliphatic heterocycles. The van der Waals surface area contributed by atoms with Crippen LogP contribution in [-0.2, 0) is 4.79 Å². The first-order chi connectivity index (χ1) is 15.3. The van der Waals surface area contributed by atoms with Crippen LogP contribution in [-0.4, -0.2) is 28.1 Å². The second-order valence-electron chi connectivity index (χ2n) is 7.46. The molecular weight excluding hydrogens is 404 g/mol. The zero-order valence-electron chi connectivity index (χ0n) is 16.9. The van der Waals surface area contributed by atoms with Gasteiger partial charge in [0.15, 0.2) is 5.17 Å². The van der Waals surface area contributed by atoms with Crippen LogP contribution in [0.1, 0.15) is 35.2 Å². The number of nitrogens with zero attached hydrogens (tertiary/aromatic N) is 3. The Hall–Kier alpha value is -3.38. The lowest BCUT2D eigenvalue weighted by molar-refractivity contribution is -0.119. The molecule has 0 aromatic heterocycles. The van der Waals surface area contributed by atoms with E-state index in [1.54, 1.807) is 0 Å². The molecule has 3 aromatic carbocycles. The molecule has 3 aromatic rings. The van der Waals surface area contributed by atoms with Crippen LogP contribution in [0.2, 0.25) is 0 Å². The number of fused-ring (bicyclic) bond motifs is 3. The average molecular weight is 427 g/mol. The minimum absolute atomic E-state index is 0.0380. The van der Waals surface area contributed by atoms with Crippen LogP contribution in [0.25, 0.3) is 0 Å². The molecule has 5 rings (SSSR count). The van der Waals surface area contributed by atoms with Gasteiger partial charge in [-0.1, -0.05) is 90.6 Å². The molecule has 1 unspecified atom stereocenters. The van der Waals surface area contributed by atoms with E-state index >= 15 is 0 Å². The Morgan fingerprint density at radius 1 is 0.968 bits per heavy atom. The quantitative estimate of drug-likeness (QED) is 0.620. The second-order valence-corrected chi connectivity index (χ2v) is 8.40. The van der Waals surface area contributed by atoms with Crippen molar-refractivity contribution in [1.29, 1.82) is 0 Å². The maximum absolute atomic E-state index is 12.9. The number of hydrazone groups is 1. The van der Waals surface area contributed by atoms with Gasteiger partial charge in [-0.15, -0.1) is 0 Å². The number of carbonyl (C=O) groups excluding carboxylic acids is 1. The van der Waals surface area contributed by atoms with Crippen LogP contribution in [0.15, 0.2) is 95.0 Å². The van der Waals surface area contributed by atoms with E-state index in [9.17, 15) is 4.79 Å². The summed E-state index contributed by atoms with van der Waals surface area (Å²) < 4.78 is 0. The van der Waals surface area contributed by atoms with Crippen LogP contribution in [0, 0.1) is 0 Å². The Labute approximate surface area is 185 Å². The van der Waals surface area contributed by atoms with E-state index in [0.717, 1.165) is 28.4 Å². The number of amidine groups is 1. The van der Waals surface area contributed by atoms with Crippen molar-refractivity contribution in [2.75, 3.05) is 5.75 Å². The number of carbonyl (C=O) groups is 1. The number of nitrogens with one attached hydrogen (secondary N) is 1. The Morgan fingerprint density at radius 2 is 1.61 bits per heavy atom. The maximum atomic E-state index is 12.9. The third kappa shape index (κ3) is 4.11. The number of aliphatic imine (C=N–C) groups is 1. The SMILES string of the molecule is O=C(CSC1=Nc2ccccc2C2CC=NN12)NC(c1ccccc1)c1ccccc1. The monoisotopic (exact) mass is 426 g/mol. The summed E-state index contributed by atoms with van der Waals surface area (Å²) in [5, 5.41) is 10.4. The minimum Gasteiger partial charge on any atom is -0.344 e. The molecule has 0 spiro atoms. The topological polar surface area (TPSA) is 57.1 Å². The Bertz CT molecular complexity index is 1090. The minimum atomic E-state index is -0.193. The van der Waals surface area contributed by atoms with Crippen molar-refractivity contribution in [2.45, 2.75) is 18.5 Å². The van der Waals surface area contributed by atoms with Gasteiger partial charge in [-0.05, 0) is 17.2 Å². The van der Waals surface area contributed by atoms with E-state index in [1.807, 2.05) is 90.1 Å². The Kier molecular flexibility index (Phi) is 5.54. The van der Waals surface area contributed by atoms with Crippen molar-refractivity contribution < 1.29 is 4.79 Å². The van der Waals surface area contributed by atoms with E-state index in [2.05, 4.69) is 16.5 Å². The predicted octanol–water partition coefficient (Wildman–Crippen LogP) is 5.06. The number of hydrogen-bond donors (Lipinski definition) is 1. The summed E-state index contributed by atoms with van der Waals surface area (Å²) in [6.07, 6.45) is 2.77. The molecule has 0 fully saturated rings. The predicted molar refractivity (Wildman–Crippen MR) is 127 cm³/mol. The highest BCUT2D eigenvalue weighted by Gasteiger charge is 2.32. The highest BCUT2D eigenvalue weighted by Crippen LogP contribution is 2.40. The largest absolute Gasteiger partial charge is 0.344 e. The first kappa shape index (κ1) is 19.6. The lowest BCUT2D eigenvalue weighted by Gasteiger charge is -2.29. The van der Waals surface area contributed by atoms with Crippen molar-refractivity contribution in [2.24, 2.45) is 10.1 Å². The van der Waals surface area contributed by atoms with Gasteiger partial charge in [-0.3, -0.25) is 4.79 Å². The fourth-order valence-corrected chi connectivity index (χ4v) is 4.78. The Morgan fingerprint density at radius 3 is 2.32 bits per heavy atom. The van der Waals surface area contributed by atoms with Gasteiger partial charge in [0.25, 0.3) is 0 Å². The second kappa shape index (κ2) is 8.78. The van der Waals surface area contributed by atoms with E-state index in [0.29, 0.717) is 0 Å². The highest BCUT2D eigenvalue weighted by atomic mass is 32.2. The van der Waals surface area contributed by atoms with Gasteiger partial charge in [0.1, 0.15) is 0 Å². The van der Waals surface area contributed by atoms with E-state index in [1.165, 1.54) is 17.3 Å². The van der Waals surface area contributed by atoms with Gasteiger partial charge in [0, 0.05) is 18.2 Å². The summed E-state index contributed by atoms with van der Waals surface area (Å²) in [5.74, 6) is 0.236. The van der Waals surface area contributed by atoms with E-state index in [4.69, 9.17) is 4.99 Å². The first-order valence-corrected chi connectivity index (χ1v) is 11.3. The van der Waals surface area contributed by atoms with Crippen LogP contribution in [0.4, 0.5) is 5.69 Å². The number of hydrogen-bond acceptors (Lipinski definition) is 5. The molecule has 1 N–H and O–H groups in total. The summed E-state index contributed by atoms with van der Waals surface area (Å²) in [5.41, 5.74) is 4.26. The van der Waals surface area contributed by atoms with Crippen LogP contribution in [0.3, 0.4) is 0 Å². The third-order valence-electron chi connectivity index (χ3n) is 5.44. The van der Waals surface area contributed by atoms with Crippen molar-refractivity contribution in [1.82, 2.24) is 10.3 Å². The van der Waals surface area contributed by atoms with Crippen LogP contribution >= 0.6 is 11.8 Å². The zero-order valence-corrected chi connectivity index (χ0v) is 17.7. The number of amides is 1. The number of thioether (sulfide) groups is 1. The van der Waals surface area contributed by atoms with Gasteiger partial charge in [0.2, 0.25) is 5.91 Å². The highest BCUT2D eigenvalue weighted by molar-refractivity contribution is 8.14. The molecule has 6 heteroatoms. The van der Waals surface area contributed by atoms with Crippen molar-refractivity contribution in [3.8, 4) is 0 Å². The van der Waals surface area contributed by atoms with Gasteiger partial charge in [0.05, 0.1) is 23.5 Å². The lowest BCUT2D eigenvalue weighted by Crippen LogP contribution is -2.33. The molecule has 2 heterocycles. The molecule has 1 amide bonds. The molecule has 31 heavy (non-hydrogen) atoms. The summed E-state index contributed by atoms with van der Waals surface area (Å²) >= 11 is 1.43. The molecule has 0 bridgehead atoms. The molecule has 0 saturated heterocycles. The van der Waals surface area contributed by atoms with Crippen molar-refractivity contribution >= 4 is 34.7 Å². The Balaban J connectivity index is 1.32. The summed E-state index contributed by atoms with van der Waals surface area (Å²) in [6.45, 7) is 0. The summed E-state index contributed by atoms with van der Waals surface area (Å²) in [6, 6.07) is 28.2. The maximum Gasteiger partial charge on any atom is 0.231 e. The zero-order chi connectivity index (χ0) is 21.0. The van der Waals surface area contributed by atoms with E-state index < -0.39 is 0 Å². The van der Waals surface area contributed by atoms with E-state index in [-0.39, 0.29) is 23.7 Å². The third-order valence-corrected chi connectivity index (χ3v) is 6.38. The molecule has 5 nitrogen and oxygen atoms in total. The molecule has 0 saturated carbocycles. The lowest BCUT2D eigenvalue weighted by atomic mass is 9.99. The first-order valence-electron chi connectivity index (χ1n) is 10.3. The molecule has 0 aliphatic carbocycles. The van der Waals surface area contributed by atoms with Crippen molar-refractivity contribution in [3.05, 3.63) is 102 Å². The smallest absolute Gasteiger partial charge is 0.231 e. The standard InChI is InChI=1S/C25H22N4OS/c30-23(28-24(18-9-3-1-4-10-18)19-11-5-2-6-12-19)17-31-25-27-21-14-8-7-13-20(21)22-15-16-26-29(22)25/h1-14,16,22,24H,15,17H2,(H,28,30). The molecule has 2 aliphatic rings. The fraction of sp³-hybridized carbons (Fsp3) is 0.160. The summed E-state index contributed by atoms with van der Waals surface area (Å²) in [7, 11) is 0. The number of rotatable bonds is 5. The molecule has 1 atom stereocenters. The molecule has 154 valence electrons. The normalized spacial score (nSPS) is 16.6. The molecule has 0 radical (unpaired) electrons. The van der Waals surface area contributed by atoms with Gasteiger partial charge < -0.3 is 5.32 Å². The van der Waals surface area contributed by atoms with Gasteiger partial charge in [-0.2, -0.15) is 5.10 Å². The van der Waals surface area contributed by atoms with Crippen LogP contribution < -0.4 is 5.32 Å². The number of benzene rings is 3. The summed E-state index contributed by atoms with van der Waals surface area (Å²) in [4.78, 5) is 17.7. The average Bonchev–Trinajstić information content (AvgIpc) is 3.33.